The maximum absolute atomic E-state index is 13.4. The summed E-state index contributed by atoms with van der Waals surface area (Å²) in [4.78, 5) is 27.7. The number of ketones is 2. The Kier molecular flexibility index (Phi) is 4.67. The highest BCUT2D eigenvalue weighted by Crippen LogP contribution is 2.36. The quantitative estimate of drug-likeness (QED) is 0.763. The second-order valence-corrected chi connectivity index (χ2v) is 8.77. The van der Waals surface area contributed by atoms with Gasteiger partial charge in [0.1, 0.15) is 5.70 Å². The van der Waals surface area contributed by atoms with Gasteiger partial charge in [0.25, 0.3) is 10.0 Å². The van der Waals surface area contributed by atoms with E-state index in [2.05, 4.69) is 4.72 Å². The average molecular weight is 442 g/mol. The standard InChI is InChI=1S/C21H18N2O7S/c24-19-14-3-1-2-4-15(14)20(25)21(18(19)23-7-9-28-10-8-23)31(26,27)22-13-5-6-16-17(11-13)30-12-29-16/h1-6,11,22H,7-10,12H2. The van der Waals surface area contributed by atoms with Crippen molar-refractivity contribution >= 4 is 27.3 Å². The Morgan fingerprint density at radius 1 is 0.871 bits per heavy atom. The van der Waals surface area contributed by atoms with E-state index in [1.807, 2.05) is 0 Å². The fraction of sp³-hybridized carbons (Fsp3) is 0.238. The summed E-state index contributed by atoms with van der Waals surface area (Å²) in [6.07, 6.45) is 0. The van der Waals surface area contributed by atoms with Crippen LogP contribution in [0.1, 0.15) is 20.7 Å². The Morgan fingerprint density at radius 2 is 1.55 bits per heavy atom. The number of morpholine rings is 1. The van der Waals surface area contributed by atoms with E-state index in [9.17, 15) is 18.0 Å². The molecule has 3 aliphatic rings. The first-order valence-electron chi connectivity index (χ1n) is 9.63. The van der Waals surface area contributed by atoms with Crippen LogP contribution < -0.4 is 14.2 Å². The predicted molar refractivity (Wildman–Crippen MR) is 110 cm³/mol. The van der Waals surface area contributed by atoms with Gasteiger partial charge in [-0.05, 0) is 12.1 Å². The molecule has 0 radical (unpaired) electrons. The number of anilines is 1. The topological polar surface area (TPSA) is 111 Å². The Bertz CT molecular complexity index is 1230. The Labute approximate surface area is 178 Å². The summed E-state index contributed by atoms with van der Waals surface area (Å²) in [5, 5.41) is 0. The third-order valence-corrected chi connectivity index (χ3v) is 6.69. The minimum absolute atomic E-state index is 0.0433. The van der Waals surface area contributed by atoms with E-state index in [1.54, 1.807) is 23.1 Å². The number of Topliss-reactive ketones (excluding diaryl/α,β-unsaturated/α-hetero) is 2. The van der Waals surface area contributed by atoms with Crippen molar-refractivity contribution in [3.05, 3.63) is 64.2 Å². The molecule has 0 amide bonds. The number of rotatable bonds is 4. The lowest BCUT2D eigenvalue weighted by Gasteiger charge is -2.33. The molecule has 10 heteroatoms. The zero-order valence-corrected chi connectivity index (χ0v) is 17.1. The number of carbonyl (C=O) groups excluding carboxylic acids is 2. The number of ether oxygens (including phenoxy) is 3. The van der Waals surface area contributed by atoms with Gasteiger partial charge in [-0.3, -0.25) is 14.3 Å². The third-order valence-electron chi connectivity index (χ3n) is 5.27. The number of hydrogen-bond acceptors (Lipinski definition) is 8. The number of carbonyl (C=O) groups is 2. The van der Waals surface area contributed by atoms with E-state index >= 15 is 0 Å². The van der Waals surface area contributed by atoms with Crippen LogP contribution in [-0.4, -0.2) is 58.0 Å². The molecule has 1 N–H and O–H groups in total. The largest absolute Gasteiger partial charge is 0.454 e. The third kappa shape index (κ3) is 3.33. The van der Waals surface area contributed by atoms with Gasteiger partial charge in [0, 0.05) is 30.3 Å². The van der Waals surface area contributed by atoms with Crippen LogP contribution in [0.4, 0.5) is 5.69 Å². The summed E-state index contributed by atoms with van der Waals surface area (Å²) in [6, 6.07) is 10.8. The molecule has 160 valence electrons. The molecule has 1 saturated heterocycles. The van der Waals surface area contributed by atoms with Crippen LogP contribution in [-0.2, 0) is 14.8 Å². The van der Waals surface area contributed by atoms with Crippen molar-refractivity contribution in [2.75, 3.05) is 37.8 Å². The first-order chi connectivity index (χ1) is 15.0. The molecule has 31 heavy (non-hydrogen) atoms. The molecule has 1 fully saturated rings. The smallest absolute Gasteiger partial charge is 0.268 e. The van der Waals surface area contributed by atoms with Crippen LogP contribution in [0.25, 0.3) is 0 Å². The van der Waals surface area contributed by atoms with Crippen molar-refractivity contribution in [3.8, 4) is 11.5 Å². The fourth-order valence-electron chi connectivity index (χ4n) is 3.83. The van der Waals surface area contributed by atoms with E-state index < -0.39 is 26.5 Å². The van der Waals surface area contributed by atoms with Crippen molar-refractivity contribution in [1.29, 1.82) is 0 Å². The highest BCUT2D eigenvalue weighted by molar-refractivity contribution is 7.97. The molecular formula is C21H18N2O7S. The van der Waals surface area contributed by atoms with E-state index in [4.69, 9.17) is 14.2 Å². The Hall–Kier alpha value is -3.37. The normalized spacial score (nSPS) is 18.3. The first-order valence-corrected chi connectivity index (χ1v) is 11.1. The molecule has 0 aromatic heterocycles. The van der Waals surface area contributed by atoms with Crippen LogP contribution in [0.3, 0.4) is 0 Å². The number of nitrogens with one attached hydrogen (secondary N) is 1. The molecule has 0 unspecified atom stereocenters. The van der Waals surface area contributed by atoms with Crippen molar-refractivity contribution in [2.45, 2.75) is 0 Å². The minimum Gasteiger partial charge on any atom is -0.454 e. The highest BCUT2D eigenvalue weighted by Gasteiger charge is 2.41. The van der Waals surface area contributed by atoms with Gasteiger partial charge in [-0.1, -0.05) is 24.3 Å². The van der Waals surface area contributed by atoms with Gasteiger partial charge in [-0.2, -0.15) is 0 Å². The number of benzene rings is 2. The lowest BCUT2D eigenvalue weighted by molar-refractivity contribution is 0.0499. The number of allylic oxidation sites excluding steroid dienone is 2. The molecule has 0 saturated carbocycles. The molecule has 0 spiro atoms. The maximum Gasteiger partial charge on any atom is 0.268 e. The van der Waals surface area contributed by atoms with Crippen molar-refractivity contribution in [1.82, 2.24) is 4.90 Å². The molecule has 1 aliphatic carbocycles. The molecule has 2 aliphatic heterocycles. The van der Waals surface area contributed by atoms with Gasteiger partial charge in [-0.25, -0.2) is 8.42 Å². The van der Waals surface area contributed by atoms with Crippen LogP contribution >= 0.6 is 0 Å². The van der Waals surface area contributed by atoms with Gasteiger partial charge >= 0.3 is 0 Å². The SMILES string of the molecule is O=C1C(N2CCOCC2)=C(S(=O)(=O)Nc2ccc3c(c2)OCO3)C(=O)c2ccccc21. The van der Waals surface area contributed by atoms with Crippen LogP contribution in [0, 0.1) is 0 Å². The van der Waals surface area contributed by atoms with E-state index in [0.29, 0.717) is 37.8 Å². The van der Waals surface area contributed by atoms with Crippen LogP contribution in [0.2, 0.25) is 0 Å². The summed E-state index contributed by atoms with van der Waals surface area (Å²) in [7, 11) is -4.40. The predicted octanol–water partition coefficient (Wildman–Crippen LogP) is 1.78. The molecule has 0 bridgehead atoms. The molecule has 2 aromatic rings. The lowest BCUT2D eigenvalue weighted by atomic mass is 9.91. The first kappa shape index (κ1) is 19.6. The molecule has 5 rings (SSSR count). The highest BCUT2D eigenvalue weighted by atomic mass is 32.2. The minimum atomic E-state index is -4.40. The zero-order valence-electron chi connectivity index (χ0n) is 16.3. The second-order valence-electron chi connectivity index (χ2n) is 7.15. The van der Waals surface area contributed by atoms with Gasteiger partial charge in [-0.15, -0.1) is 0 Å². The van der Waals surface area contributed by atoms with Crippen molar-refractivity contribution in [3.63, 3.8) is 0 Å². The van der Waals surface area contributed by atoms with E-state index in [0.717, 1.165) is 0 Å². The van der Waals surface area contributed by atoms with Gasteiger partial charge < -0.3 is 19.1 Å². The monoisotopic (exact) mass is 442 g/mol. The molecule has 2 aromatic carbocycles. The number of sulfonamides is 1. The van der Waals surface area contributed by atoms with E-state index in [1.165, 1.54) is 24.3 Å². The summed E-state index contributed by atoms with van der Waals surface area (Å²) in [6.45, 7) is 1.31. The Balaban J connectivity index is 1.61. The molecule has 0 atom stereocenters. The van der Waals surface area contributed by atoms with Gasteiger partial charge in [0.05, 0.1) is 18.9 Å². The van der Waals surface area contributed by atoms with Crippen LogP contribution in [0.15, 0.2) is 53.1 Å². The van der Waals surface area contributed by atoms with E-state index in [-0.39, 0.29) is 29.3 Å². The van der Waals surface area contributed by atoms with Crippen LogP contribution in [0.5, 0.6) is 11.5 Å². The molecule has 9 nitrogen and oxygen atoms in total. The Morgan fingerprint density at radius 3 is 2.29 bits per heavy atom. The fourth-order valence-corrected chi connectivity index (χ4v) is 5.20. The maximum atomic E-state index is 13.4. The lowest BCUT2D eigenvalue weighted by Crippen LogP contribution is -2.43. The molecule has 2 heterocycles. The summed E-state index contributed by atoms with van der Waals surface area (Å²) in [5.41, 5.74) is 0.323. The summed E-state index contributed by atoms with van der Waals surface area (Å²) < 4.78 is 45.1. The van der Waals surface area contributed by atoms with Crippen molar-refractivity contribution in [2.24, 2.45) is 0 Å². The second kappa shape index (κ2) is 7.40. The summed E-state index contributed by atoms with van der Waals surface area (Å²) >= 11 is 0. The summed E-state index contributed by atoms with van der Waals surface area (Å²) in [5.74, 6) is -0.332. The van der Waals surface area contributed by atoms with Gasteiger partial charge in [0.15, 0.2) is 16.4 Å². The average Bonchev–Trinajstić information content (AvgIpc) is 3.24. The number of fused-ring (bicyclic) bond motifs is 2. The van der Waals surface area contributed by atoms with Gasteiger partial charge in [0.2, 0.25) is 18.4 Å². The number of hydrogen-bond donors (Lipinski definition) is 1. The zero-order chi connectivity index (χ0) is 21.6. The number of nitrogens with zero attached hydrogens (tertiary/aromatic N) is 1. The van der Waals surface area contributed by atoms with Crippen molar-refractivity contribution < 1.29 is 32.2 Å². The molecular weight excluding hydrogens is 424 g/mol.